The van der Waals surface area contributed by atoms with Crippen molar-refractivity contribution < 1.29 is 9.53 Å². The smallest absolute Gasteiger partial charge is 0.239 e. The molecule has 0 aromatic rings. The Morgan fingerprint density at radius 3 is 2.53 bits per heavy atom. The molecule has 0 unspecified atom stereocenters. The highest BCUT2D eigenvalue weighted by Crippen LogP contribution is 2.24. The number of rotatable bonds is 5. The molecule has 0 aromatic carbocycles. The summed E-state index contributed by atoms with van der Waals surface area (Å²) in [5.41, 5.74) is -0.523. The van der Waals surface area contributed by atoms with Gasteiger partial charge in [0.05, 0.1) is 11.6 Å². The molecule has 19 heavy (non-hydrogen) atoms. The topological polar surface area (TPSA) is 50.4 Å². The Morgan fingerprint density at radius 2 is 1.95 bits per heavy atom. The first-order valence-corrected chi connectivity index (χ1v) is 7.66. The van der Waals surface area contributed by atoms with Gasteiger partial charge in [-0.3, -0.25) is 10.1 Å². The molecule has 4 heteroatoms. The standard InChI is InChI=1S/C15H28N2O2/c1-11-13(8-9-19-11)17-15(2,3)14(18)16-10-12-6-4-5-7-12/h11-13,17H,4-10H2,1-3H3,(H,16,18)/t11-,13+/m1/s1. The molecule has 110 valence electrons. The van der Waals surface area contributed by atoms with Gasteiger partial charge in [0.2, 0.25) is 5.91 Å². The quantitative estimate of drug-likeness (QED) is 0.800. The van der Waals surface area contributed by atoms with Crippen LogP contribution < -0.4 is 10.6 Å². The SMILES string of the molecule is C[C@H]1OCC[C@@H]1NC(C)(C)C(=O)NCC1CCCC1. The Labute approximate surface area is 116 Å². The Bertz CT molecular complexity index is 311. The van der Waals surface area contributed by atoms with Crippen molar-refractivity contribution in [3.63, 3.8) is 0 Å². The molecule has 1 saturated heterocycles. The molecular formula is C15H28N2O2. The zero-order valence-electron chi connectivity index (χ0n) is 12.5. The fourth-order valence-corrected chi connectivity index (χ4v) is 3.12. The van der Waals surface area contributed by atoms with Crippen LogP contribution in [0, 0.1) is 5.92 Å². The highest BCUT2D eigenvalue weighted by molar-refractivity contribution is 5.85. The number of nitrogens with one attached hydrogen (secondary N) is 2. The van der Waals surface area contributed by atoms with Gasteiger partial charge in [-0.15, -0.1) is 0 Å². The molecule has 2 atom stereocenters. The van der Waals surface area contributed by atoms with Crippen LogP contribution >= 0.6 is 0 Å². The number of hydrogen-bond donors (Lipinski definition) is 2. The van der Waals surface area contributed by atoms with Crippen molar-refractivity contribution in [1.29, 1.82) is 0 Å². The van der Waals surface area contributed by atoms with Gasteiger partial charge in [-0.25, -0.2) is 0 Å². The zero-order chi connectivity index (χ0) is 13.9. The molecule has 0 radical (unpaired) electrons. The molecule has 1 saturated carbocycles. The van der Waals surface area contributed by atoms with Crippen LogP contribution in [-0.2, 0) is 9.53 Å². The summed E-state index contributed by atoms with van der Waals surface area (Å²) < 4.78 is 5.54. The molecule has 2 aliphatic rings. The molecule has 2 fully saturated rings. The molecule has 1 aliphatic carbocycles. The van der Waals surface area contributed by atoms with Crippen molar-refractivity contribution in [2.45, 2.75) is 70.6 Å². The molecule has 1 heterocycles. The van der Waals surface area contributed by atoms with Gasteiger partial charge in [-0.05, 0) is 46.0 Å². The predicted molar refractivity (Wildman–Crippen MR) is 76.0 cm³/mol. The second-order valence-electron chi connectivity index (χ2n) is 6.60. The molecule has 0 bridgehead atoms. The maximum absolute atomic E-state index is 12.3. The third kappa shape index (κ3) is 3.93. The molecule has 4 nitrogen and oxygen atoms in total. The average molecular weight is 268 g/mol. The van der Waals surface area contributed by atoms with Crippen molar-refractivity contribution in [3.8, 4) is 0 Å². The van der Waals surface area contributed by atoms with Crippen LogP contribution in [0.2, 0.25) is 0 Å². The van der Waals surface area contributed by atoms with E-state index in [1.807, 2.05) is 13.8 Å². The fraction of sp³-hybridized carbons (Fsp3) is 0.933. The van der Waals surface area contributed by atoms with Crippen LogP contribution in [0.15, 0.2) is 0 Å². The minimum Gasteiger partial charge on any atom is -0.377 e. The second-order valence-corrected chi connectivity index (χ2v) is 6.60. The summed E-state index contributed by atoms with van der Waals surface area (Å²) in [5, 5.41) is 6.55. The van der Waals surface area contributed by atoms with Crippen molar-refractivity contribution in [3.05, 3.63) is 0 Å². The highest BCUT2D eigenvalue weighted by atomic mass is 16.5. The normalized spacial score (nSPS) is 28.8. The Morgan fingerprint density at radius 1 is 1.26 bits per heavy atom. The molecule has 0 spiro atoms. The van der Waals surface area contributed by atoms with E-state index >= 15 is 0 Å². The first kappa shape index (κ1) is 14.8. The average Bonchev–Trinajstić information content (AvgIpc) is 2.98. The molecule has 1 amide bonds. The Hall–Kier alpha value is -0.610. The van der Waals surface area contributed by atoms with Crippen LogP contribution in [0.1, 0.15) is 52.9 Å². The van der Waals surface area contributed by atoms with E-state index in [-0.39, 0.29) is 18.1 Å². The minimum atomic E-state index is -0.523. The van der Waals surface area contributed by atoms with Crippen LogP contribution in [0.3, 0.4) is 0 Å². The molecule has 2 rings (SSSR count). The van der Waals surface area contributed by atoms with E-state index in [1.54, 1.807) is 0 Å². The van der Waals surface area contributed by atoms with Gasteiger partial charge in [0.1, 0.15) is 0 Å². The molecular weight excluding hydrogens is 240 g/mol. The number of ether oxygens (including phenoxy) is 1. The lowest BCUT2D eigenvalue weighted by molar-refractivity contribution is -0.127. The van der Waals surface area contributed by atoms with Gasteiger partial charge in [-0.1, -0.05) is 12.8 Å². The van der Waals surface area contributed by atoms with Crippen LogP contribution in [0.5, 0.6) is 0 Å². The van der Waals surface area contributed by atoms with Gasteiger partial charge in [0.25, 0.3) is 0 Å². The third-order valence-corrected chi connectivity index (χ3v) is 4.52. The van der Waals surface area contributed by atoms with E-state index in [4.69, 9.17) is 4.74 Å². The minimum absolute atomic E-state index is 0.110. The first-order valence-electron chi connectivity index (χ1n) is 7.66. The molecule has 2 N–H and O–H groups in total. The summed E-state index contributed by atoms with van der Waals surface area (Å²) >= 11 is 0. The maximum Gasteiger partial charge on any atom is 0.239 e. The number of hydrogen-bond acceptors (Lipinski definition) is 3. The van der Waals surface area contributed by atoms with E-state index in [1.165, 1.54) is 25.7 Å². The number of carbonyl (C=O) groups is 1. The van der Waals surface area contributed by atoms with E-state index in [0.29, 0.717) is 5.92 Å². The summed E-state index contributed by atoms with van der Waals surface area (Å²) in [7, 11) is 0. The maximum atomic E-state index is 12.3. The number of amides is 1. The summed E-state index contributed by atoms with van der Waals surface area (Å²) in [6, 6.07) is 0.284. The second kappa shape index (κ2) is 6.23. The lowest BCUT2D eigenvalue weighted by Gasteiger charge is -2.30. The summed E-state index contributed by atoms with van der Waals surface area (Å²) in [5.74, 6) is 0.798. The third-order valence-electron chi connectivity index (χ3n) is 4.52. The van der Waals surface area contributed by atoms with Gasteiger partial charge in [0.15, 0.2) is 0 Å². The number of carbonyl (C=O) groups excluding carboxylic acids is 1. The highest BCUT2D eigenvalue weighted by Gasteiger charge is 2.34. The summed E-state index contributed by atoms with van der Waals surface area (Å²) in [4.78, 5) is 12.3. The monoisotopic (exact) mass is 268 g/mol. The van der Waals surface area contributed by atoms with E-state index < -0.39 is 5.54 Å². The lowest BCUT2D eigenvalue weighted by Crippen LogP contribution is -2.57. The van der Waals surface area contributed by atoms with Gasteiger partial charge in [0, 0.05) is 19.2 Å². The van der Waals surface area contributed by atoms with Gasteiger partial charge in [-0.2, -0.15) is 0 Å². The van der Waals surface area contributed by atoms with Crippen LogP contribution in [-0.4, -0.2) is 36.7 Å². The van der Waals surface area contributed by atoms with Crippen molar-refractivity contribution in [2.75, 3.05) is 13.2 Å². The largest absolute Gasteiger partial charge is 0.377 e. The van der Waals surface area contributed by atoms with Gasteiger partial charge >= 0.3 is 0 Å². The van der Waals surface area contributed by atoms with Crippen LogP contribution in [0.4, 0.5) is 0 Å². The van der Waals surface area contributed by atoms with E-state index in [0.717, 1.165) is 19.6 Å². The zero-order valence-corrected chi connectivity index (χ0v) is 12.5. The predicted octanol–water partition coefficient (Wildman–Crippen LogP) is 1.84. The molecule has 1 aliphatic heterocycles. The lowest BCUT2D eigenvalue weighted by atomic mass is 9.99. The summed E-state index contributed by atoms with van der Waals surface area (Å²) in [6.07, 6.45) is 6.35. The fourth-order valence-electron chi connectivity index (χ4n) is 3.12. The van der Waals surface area contributed by atoms with Crippen molar-refractivity contribution >= 4 is 5.91 Å². The van der Waals surface area contributed by atoms with E-state index in [9.17, 15) is 4.79 Å². The van der Waals surface area contributed by atoms with Crippen LogP contribution in [0.25, 0.3) is 0 Å². The van der Waals surface area contributed by atoms with Crippen molar-refractivity contribution in [1.82, 2.24) is 10.6 Å². The Balaban J connectivity index is 1.78. The Kier molecular flexibility index (Phi) is 4.85. The van der Waals surface area contributed by atoms with Crippen molar-refractivity contribution in [2.24, 2.45) is 5.92 Å². The first-order chi connectivity index (χ1) is 8.99. The molecule has 0 aromatic heterocycles. The van der Waals surface area contributed by atoms with Gasteiger partial charge < -0.3 is 10.1 Å². The van der Waals surface area contributed by atoms with E-state index in [2.05, 4.69) is 17.6 Å². The summed E-state index contributed by atoms with van der Waals surface area (Å²) in [6.45, 7) is 7.61.